The number of aliphatic hydroxyl groups excluding tert-OH is 1. The number of halogens is 1. The summed E-state index contributed by atoms with van der Waals surface area (Å²) >= 11 is 7.03. The molecule has 1 N–H and O–H groups in total. The lowest BCUT2D eigenvalue weighted by Crippen LogP contribution is -2.29. The van der Waals surface area contributed by atoms with Gasteiger partial charge in [-0.1, -0.05) is 48.4 Å². The van der Waals surface area contributed by atoms with Crippen molar-refractivity contribution in [2.75, 3.05) is 18.6 Å². The minimum Gasteiger partial charge on any atom is -0.507 e. The molecule has 2 aromatic carbocycles. The second-order valence-corrected chi connectivity index (χ2v) is 10.2. The number of rotatable bonds is 8. The van der Waals surface area contributed by atoms with Gasteiger partial charge in [0.05, 0.1) is 31.0 Å². The standard InChI is InChI=1S/C28H27ClN2O6S/c1-5-6-13-37-20-12-9-18(14-15(20)2)23(32)21-22(17-7-10-19(29)11-8-17)31(26(34)24(21)33)28-30-16(3)25(38-28)27(35)36-4/h7-12,14,22,32H,5-6,13H2,1-4H3/t22-/m0/s1. The summed E-state index contributed by atoms with van der Waals surface area (Å²) in [6.45, 7) is 6.12. The van der Waals surface area contributed by atoms with E-state index >= 15 is 0 Å². The van der Waals surface area contributed by atoms with Crippen LogP contribution in [0.15, 0.2) is 48.0 Å². The fraction of sp³-hybridized carbons (Fsp3) is 0.286. The van der Waals surface area contributed by atoms with Gasteiger partial charge in [0, 0.05) is 10.6 Å². The third kappa shape index (κ3) is 5.16. The summed E-state index contributed by atoms with van der Waals surface area (Å²) in [5.74, 6) is -1.97. The lowest BCUT2D eigenvalue weighted by molar-refractivity contribution is -0.132. The summed E-state index contributed by atoms with van der Waals surface area (Å²) < 4.78 is 10.6. The van der Waals surface area contributed by atoms with E-state index in [4.69, 9.17) is 21.1 Å². The number of aliphatic hydroxyl groups is 1. The molecule has 1 aliphatic rings. The van der Waals surface area contributed by atoms with Gasteiger partial charge >= 0.3 is 11.9 Å². The molecule has 0 saturated carbocycles. The Morgan fingerprint density at radius 3 is 2.50 bits per heavy atom. The largest absolute Gasteiger partial charge is 0.507 e. The number of ether oxygens (including phenoxy) is 2. The summed E-state index contributed by atoms with van der Waals surface area (Å²) in [7, 11) is 1.25. The lowest BCUT2D eigenvalue weighted by atomic mass is 9.95. The molecule has 3 aromatic rings. The topological polar surface area (TPSA) is 106 Å². The van der Waals surface area contributed by atoms with Gasteiger partial charge in [-0.25, -0.2) is 9.78 Å². The number of hydrogen-bond acceptors (Lipinski definition) is 8. The number of benzene rings is 2. The van der Waals surface area contributed by atoms with Crippen LogP contribution in [0.1, 0.15) is 57.9 Å². The zero-order valence-electron chi connectivity index (χ0n) is 21.4. The number of esters is 1. The number of ketones is 1. The van der Waals surface area contributed by atoms with Crippen LogP contribution >= 0.6 is 22.9 Å². The van der Waals surface area contributed by atoms with Gasteiger partial charge in [-0.3, -0.25) is 14.5 Å². The van der Waals surface area contributed by atoms with E-state index in [-0.39, 0.29) is 21.3 Å². The maximum atomic E-state index is 13.4. The van der Waals surface area contributed by atoms with Crippen molar-refractivity contribution in [3.63, 3.8) is 0 Å². The van der Waals surface area contributed by atoms with Gasteiger partial charge in [0.25, 0.3) is 5.78 Å². The molecule has 0 spiro atoms. The third-order valence-corrected chi connectivity index (χ3v) is 7.58. The van der Waals surface area contributed by atoms with E-state index in [0.717, 1.165) is 29.7 Å². The van der Waals surface area contributed by atoms with Crippen molar-refractivity contribution < 1.29 is 29.0 Å². The van der Waals surface area contributed by atoms with Gasteiger partial charge in [-0.15, -0.1) is 0 Å². The van der Waals surface area contributed by atoms with Gasteiger partial charge in [-0.2, -0.15) is 0 Å². The smallest absolute Gasteiger partial charge is 0.350 e. The first-order valence-electron chi connectivity index (χ1n) is 12.0. The van der Waals surface area contributed by atoms with Crippen LogP contribution in [0.25, 0.3) is 5.76 Å². The minimum absolute atomic E-state index is 0.0937. The number of methoxy groups -OCH3 is 1. The Hall–Kier alpha value is -3.69. The molecule has 1 atom stereocenters. The average Bonchev–Trinajstić information content (AvgIpc) is 3.41. The van der Waals surface area contributed by atoms with Crippen LogP contribution in [-0.2, 0) is 14.3 Å². The highest BCUT2D eigenvalue weighted by atomic mass is 35.5. The Kier molecular flexibility index (Phi) is 8.18. The number of Topliss-reactive ketones (excluding diaryl/α,β-unsaturated/α-hetero) is 1. The summed E-state index contributed by atoms with van der Waals surface area (Å²) in [4.78, 5) is 44.8. The summed E-state index contributed by atoms with van der Waals surface area (Å²) in [5, 5.41) is 12.0. The number of nitrogens with zero attached hydrogens (tertiary/aromatic N) is 2. The molecule has 2 heterocycles. The Bertz CT molecular complexity index is 1430. The molecular weight excluding hydrogens is 528 g/mol. The molecule has 1 fully saturated rings. The molecule has 0 bridgehead atoms. The highest BCUT2D eigenvalue weighted by Crippen LogP contribution is 2.44. The highest BCUT2D eigenvalue weighted by Gasteiger charge is 2.48. The number of amides is 1. The van der Waals surface area contributed by atoms with E-state index in [2.05, 4.69) is 11.9 Å². The third-order valence-electron chi connectivity index (χ3n) is 6.20. The Morgan fingerprint density at radius 2 is 1.87 bits per heavy atom. The van der Waals surface area contributed by atoms with Crippen LogP contribution in [0.5, 0.6) is 5.75 Å². The number of aryl methyl sites for hydroxylation is 2. The van der Waals surface area contributed by atoms with Gasteiger partial charge in [0.1, 0.15) is 16.4 Å². The minimum atomic E-state index is -0.996. The number of unbranched alkanes of at least 4 members (excludes halogenated alkanes) is 1. The van der Waals surface area contributed by atoms with E-state index in [0.29, 0.717) is 34.2 Å². The molecule has 38 heavy (non-hydrogen) atoms. The van der Waals surface area contributed by atoms with Crippen molar-refractivity contribution in [3.8, 4) is 5.75 Å². The monoisotopic (exact) mass is 554 g/mol. The normalized spacial score (nSPS) is 16.7. The fourth-order valence-corrected chi connectivity index (χ4v) is 5.34. The van der Waals surface area contributed by atoms with Crippen molar-refractivity contribution in [2.45, 2.75) is 39.7 Å². The highest BCUT2D eigenvalue weighted by molar-refractivity contribution is 7.17. The Morgan fingerprint density at radius 1 is 1.16 bits per heavy atom. The van der Waals surface area contributed by atoms with E-state index in [1.807, 2.05) is 6.92 Å². The van der Waals surface area contributed by atoms with Crippen molar-refractivity contribution in [1.29, 1.82) is 0 Å². The number of thiazole rings is 1. The molecule has 1 aromatic heterocycles. The molecule has 10 heteroatoms. The predicted octanol–water partition coefficient (Wildman–Crippen LogP) is 6.01. The van der Waals surface area contributed by atoms with Crippen molar-refractivity contribution in [3.05, 3.63) is 80.3 Å². The quantitative estimate of drug-likeness (QED) is 0.119. The second kappa shape index (κ2) is 11.4. The maximum Gasteiger partial charge on any atom is 0.350 e. The first-order chi connectivity index (χ1) is 18.2. The van der Waals surface area contributed by atoms with Gasteiger partial charge < -0.3 is 14.6 Å². The first kappa shape index (κ1) is 27.3. The van der Waals surface area contributed by atoms with Gasteiger partial charge in [0.2, 0.25) is 0 Å². The van der Waals surface area contributed by atoms with E-state index < -0.39 is 23.7 Å². The summed E-state index contributed by atoms with van der Waals surface area (Å²) in [5.41, 5.74) is 1.96. The van der Waals surface area contributed by atoms with Crippen molar-refractivity contribution >= 4 is 51.5 Å². The summed E-state index contributed by atoms with van der Waals surface area (Å²) in [6.07, 6.45) is 1.92. The zero-order chi connectivity index (χ0) is 27.6. The number of anilines is 1. The van der Waals surface area contributed by atoms with Crippen LogP contribution in [0.3, 0.4) is 0 Å². The number of carbonyl (C=O) groups excluding carboxylic acids is 3. The number of carbonyl (C=O) groups is 3. The van der Waals surface area contributed by atoms with Crippen LogP contribution in [0.4, 0.5) is 5.13 Å². The molecule has 4 rings (SSSR count). The number of aromatic nitrogens is 1. The van der Waals surface area contributed by atoms with Crippen molar-refractivity contribution in [2.24, 2.45) is 0 Å². The van der Waals surface area contributed by atoms with Crippen LogP contribution in [0.2, 0.25) is 5.02 Å². The molecule has 1 saturated heterocycles. The second-order valence-electron chi connectivity index (χ2n) is 8.81. The maximum absolute atomic E-state index is 13.4. The molecule has 0 unspecified atom stereocenters. The molecule has 0 aliphatic carbocycles. The van der Waals surface area contributed by atoms with Gasteiger partial charge in [-0.05, 0) is 61.7 Å². The molecule has 1 amide bonds. The van der Waals surface area contributed by atoms with E-state index in [9.17, 15) is 19.5 Å². The predicted molar refractivity (Wildman–Crippen MR) is 146 cm³/mol. The molecule has 8 nitrogen and oxygen atoms in total. The van der Waals surface area contributed by atoms with Crippen LogP contribution < -0.4 is 9.64 Å². The summed E-state index contributed by atoms with van der Waals surface area (Å²) in [6, 6.07) is 10.7. The number of hydrogen-bond donors (Lipinski definition) is 1. The molecule has 198 valence electrons. The van der Waals surface area contributed by atoms with Crippen molar-refractivity contribution in [1.82, 2.24) is 4.98 Å². The first-order valence-corrected chi connectivity index (χ1v) is 13.2. The molecule has 0 radical (unpaired) electrons. The molecule has 1 aliphatic heterocycles. The molecular formula is C28H27ClN2O6S. The van der Waals surface area contributed by atoms with E-state index in [1.54, 1.807) is 49.4 Å². The SMILES string of the molecule is CCCCOc1ccc(C(O)=C2C(=O)C(=O)N(c3nc(C)c(C(=O)OC)s3)[C@H]2c2ccc(Cl)cc2)cc1C. The lowest BCUT2D eigenvalue weighted by Gasteiger charge is -2.23. The fourth-order valence-electron chi connectivity index (χ4n) is 4.20. The Balaban J connectivity index is 1.84. The van der Waals surface area contributed by atoms with Gasteiger partial charge in [0.15, 0.2) is 5.13 Å². The Labute approximate surface area is 229 Å². The van der Waals surface area contributed by atoms with E-state index in [1.165, 1.54) is 12.0 Å². The van der Waals surface area contributed by atoms with Crippen LogP contribution in [-0.4, -0.2) is 41.5 Å². The van der Waals surface area contributed by atoms with Crippen LogP contribution in [0, 0.1) is 13.8 Å². The average molecular weight is 555 g/mol. The zero-order valence-corrected chi connectivity index (χ0v) is 23.0.